The lowest BCUT2D eigenvalue weighted by molar-refractivity contribution is 0.423. The molecule has 0 saturated carbocycles. The number of imidazole rings is 1. The molecule has 0 aliphatic carbocycles. The van der Waals surface area contributed by atoms with Crippen LogP contribution in [0.25, 0.3) is 0 Å². The van der Waals surface area contributed by atoms with Crippen LogP contribution >= 0.6 is 11.3 Å². The molecule has 0 saturated heterocycles. The first-order valence-electron chi connectivity index (χ1n) is 6.66. The van der Waals surface area contributed by atoms with Crippen molar-refractivity contribution in [2.24, 2.45) is 0 Å². The first-order chi connectivity index (χ1) is 8.98. The van der Waals surface area contributed by atoms with E-state index in [-0.39, 0.29) is 5.54 Å². The highest BCUT2D eigenvalue weighted by molar-refractivity contribution is 7.09. The van der Waals surface area contributed by atoms with E-state index in [2.05, 4.69) is 52.9 Å². The van der Waals surface area contributed by atoms with E-state index in [1.807, 2.05) is 12.4 Å². The fourth-order valence-electron chi connectivity index (χ4n) is 1.82. The molecule has 0 amide bonds. The molecule has 0 atom stereocenters. The zero-order valence-electron chi connectivity index (χ0n) is 12.1. The van der Waals surface area contributed by atoms with Gasteiger partial charge in [0.05, 0.1) is 12.2 Å². The highest BCUT2D eigenvalue weighted by Crippen LogP contribution is 2.13. The van der Waals surface area contributed by atoms with E-state index in [0.717, 1.165) is 36.0 Å². The van der Waals surface area contributed by atoms with Crippen molar-refractivity contribution in [1.82, 2.24) is 19.9 Å². The molecule has 2 heterocycles. The normalized spacial score (nSPS) is 12.0. The maximum Gasteiger partial charge on any atom is 0.108 e. The lowest BCUT2D eigenvalue weighted by Crippen LogP contribution is -2.35. The standard InChI is InChI=1S/C14H22N4S/c1-5-12-15-6-7-18(12)9-11-10-19-13(17-11)8-16-14(2,3)4/h6-7,10,16H,5,8-9H2,1-4H3. The van der Waals surface area contributed by atoms with Crippen molar-refractivity contribution in [1.29, 1.82) is 0 Å². The average Bonchev–Trinajstić information content (AvgIpc) is 2.95. The Kier molecular flexibility index (Phi) is 4.37. The number of rotatable bonds is 5. The molecule has 4 nitrogen and oxygen atoms in total. The molecule has 1 N–H and O–H groups in total. The summed E-state index contributed by atoms with van der Waals surface area (Å²) in [6, 6.07) is 0. The zero-order valence-corrected chi connectivity index (χ0v) is 12.9. The predicted molar refractivity (Wildman–Crippen MR) is 79.4 cm³/mol. The summed E-state index contributed by atoms with van der Waals surface area (Å²) < 4.78 is 2.16. The summed E-state index contributed by atoms with van der Waals surface area (Å²) in [5.74, 6) is 1.11. The van der Waals surface area contributed by atoms with E-state index >= 15 is 0 Å². The molecule has 0 aromatic carbocycles. The van der Waals surface area contributed by atoms with Gasteiger partial charge in [-0.3, -0.25) is 0 Å². The van der Waals surface area contributed by atoms with Gasteiger partial charge in [0.2, 0.25) is 0 Å². The molecule has 0 spiro atoms. The summed E-state index contributed by atoms with van der Waals surface area (Å²) in [5.41, 5.74) is 1.24. The Morgan fingerprint density at radius 2 is 2.16 bits per heavy atom. The van der Waals surface area contributed by atoms with E-state index < -0.39 is 0 Å². The van der Waals surface area contributed by atoms with Crippen LogP contribution in [0.2, 0.25) is 0 Å². The fraction of sp³-hybridized carbons (Fsp3) is 0.571. The Morgan fingerprint density at radius 1 is 1.37 bits per heavy atom. The minimum atomic E-state index is 0.131. The maximum absolute atomic E-state index is 4.67. The molecule has 0 radical (unpaired) electrons. The lowest BCUT2D eigenvalue weighted by Gasteiger charge is -2.19. The molecule has 0 aliphatic heterocycles. The quantitative estimate of drug-likeness (QED) is 0.914. The van der Waals surface area contributed by atoms with Crippen LogP contribution < -0.4 is 5.32 Å². The van der Waals surface area contributed by atoms with Crippen LogP contribution in [0.1, 0.15) is 44.2 Å². The third-order valence-corrected chi connectivity index (χ3v) is 3.72. The third kappa shape index (κ3) is 4.14. The number of hydrogen-bond acceptors (Lipinski definition) is 4. The monoisotopic (exact) mass is 278 g/mol. The number of aryl methyl sites for hydroxylation is 1. The maximum atomic E-state index is 4.67. The molecule has 0 aliphatic rings. The molecule has 2 aromatic rings. The summed E-state index contributed by atoms with van der Waals surface area (Å²) >= 11 is 1.72. The smallest absolute Gasteiger partial charge is 0.108 e. The van der Waals surface area contributed by atoms with E-state index in [1.54, 1.807) is 11.3 Å². The Hall–Kier alpha value is -1.20. The van der Waals surface area contributed by atoms with Crippen LogP contribution in [0, 0.1) is 0 Å². The molecule has 0 fully saturated rings. The topological polar surface area (TPSA) is 42.7 Å². The molecule has 0 unspecified atom stereocenters. The third-order valence-electron chi connectivity index (χ3n) is 2.82. The number of hydrogen-bond donors (Lipinski definition) is 1. The highest BCUT2D eigenvalue weighted by atomic mass is 32.1. The van der Waals surface area contributed by atoms with Gasteiger partial charge in [0, 0.05) is 36.3 Å². The number of thiazole rings is 1. The predicted octanol–water partition coefficient (Wildman–Crippen LogP) is 2.84. The van der Waals surface area contributed by atoms with Gasteiger partial charge < -0.3 is 9.88 Å². The molecule has 0 bridgehead atoms. The van der Waals surface area contributed by atoms with Crippen LogP contribution in [0.4, 0.5) is 0 Å². The molecule has 104 valence electrons. The van der Waals surface area contributed by atoms with Crippen molar-refractivity contribution >= 4 is 11.3 Å². The van der Waals surface area contributed by atoms with E-state index in [1.165, 1.54) is 0 Å². The van der Waals surface area contributed by atoms with Gasteiger partial charge in [-0.1, -0.05) is 6.92 Å². The fourth-order valence-corrected chi connectivity index (χ4v) is 2.54. The molecule has 2 aromatic heterocycles. The summed E-state index contributed by atoms with van der Waals surface area (Å²) in [7, 11) is 0. The van der Waals surface area contributed by atoms with Crippen LogP contribution in [0.15, 0.2) is 17.8 Å². The summed E-state index contributed by atoms with van der Waals surface area (Å²) in [6.45, 7) is 10.3. The Labute approximate surface area is 118 Å². The van der Waals surface area contributed by atoms with Gasteiger partial charge >= 0.3 is 0 Å². The number of nitrogens with zero attached hydrogens (tertiary/aromatic N) is 3. The van der Waals surface area contributed by atoms with E-state index in [0.29, 0.717) is 0 Å². The van der Waals surface area contributed by atoms with Gasteiger partial charge in [0.25, 0.3) is 0 Å². The Balaban J connectivity index is 1.98. The first kappa shape index (κ1) is 14.2. The lowest BCUT2D eigenvalue weighted by atomic mass is 10.1. The van der Waals surface area contributed by atoms with Crippen LogP contribution in [0.3, 0.4) is 0 Å². The summed E-state index contributed by atoms with van der Waals surface area (Å²) in [5, 5.41) is 6.74. The number of aromatic nitrogens is 3. The van der Waals surface area contributed by atoms with Gasteiger partial charge in [0.1, 0.15) is 10.8 Å². The van der Waals surface area contributed by atoms with Crippen molar-refractivity contribution in [2.45, 2.75) is 52.7 Å². The van der Waals surface area contributed by atoms with Gasteiger partial charge in [-0.05, 0) is 20.8 Å². The second kappa shape index (κ2) is 5.84. The van der Waals surface area contributed by atoms with Gasteiger partial charge in [-0.25, -0.2) is 9.97 Å². The second-order valence-electron chi connectivity index (χ2n) is 5.66. The number of nitrogens with one attached hydrogen (secondary N) is 1. The Bertz CT molecular complexity index is 522. The van der Waals surface area contributed by atoms with Crippen LogP contribution in [-0.4, -0.2) is 20.1 Å². The van der Waals surface area contributed by atoms with Crippen molar-refractivity contribution in [3.63, 3.8) is 0 Å². The van der Waals surface area contributed by atoms with E-state index in [4.69, 9.17) is 0 Å². The molecule has 2 rings (SSSR count). The second-order valence-corrected chi connectivity index (χ2v) is 6.60. The van der Waals surface area contributed by atoms with Crippen LogP contribution in [0.5, 0.6) is 0 Å². The van der Waals surface area contributed by atoms with Crippen LogP contribution in [-0.2, 0) is 19.5 Å². The highest BCUT2D eigenvalue weighted by Gasteiger charge is 2.10. The molecule has 19 heavy (non-hydrogen) atoms. The first-order valence-corrected chi connectivity index (χ1v) is 7.54. The average molecular weight is 278 g/mol. The Morgan fingerprint density at radius 3 is 2.84 bits per heavy atom. The SMILES string of the molecule is CCc1nccn1Cc1csc(CNC(C)(C)C)n1. The van der Waals surface area contributed by atoms with Gasteiger partial charge in [0.15, 0.2) is 0 Å². The minimum Gasteiger partial charge on any atom is -0.329 e. The van der Waals surface area contributed by atoms with Crippen molar-refractivity contribution in [3.8, 4) is 0 Å². The molecular formula is C14H22N4S. The minimum absolute atomic E-state index is 0.131. The van der Waals surface area contributed by atoms with Gasteiger partial charge in [-0.15, -0.1) is 11.3 Å². The van der Waals surface area contributed by atoms with Crippen molar-refractivity contribution in [2.75, 3.05) is 0 Å². The van der Waals surface area contributed by atoms with Crippen molar-refractivity contribution in [3.05, 3.63) is 34.3 Å². The van der Waals surface area contributed by atoms with Crippen molar-refractivity contribution < 1.29 is 0 Å². The largest absolute Gasteiger partial charge is 0.329 e. The van der Waals surface area contributed by atoms with Gasteiger partial charge in [-0.2, -0.15) is 0 Å². The molecule has 5 heteroatoms. The van der Waals surface area contributed by atoms with E-state index in [9.17, 15) is 0 Å². The zero-order chi connectivity index (χ0) is 13.9. The molecular weight excluding hydrogens is 256 g/mol. The summed E-state index contributed by atoms with van der Waals surface area (Å²) in [6.07, 6.45) is 4.83. The summed E-state index contributed by atoms with van der Waals surface area (Å²) in [4.78, 5) is 9.00.